The normalized spacial score (nSPS) is 12.6. The predicted octanol–water partition coefficient (Wildman–Crippen LogP) is 4.62. The molecule has 2 aromatic rings. The van der Waals surface area contributed by atoms with Crippen molar-refractivity contribution in [2.24, 2.45) is 5.92 Å². The molecule has 20 heavy (non-hydrogen) atoms. The third-order valence-electron chi connectivity index (χ3n) is 4.10. The van der Waals surface area contributed by atoms with E-state index in [4.69, 9.17) is 0 Å². The van der Waals surface area contributed by atoms with E-state index in [9.17, 15) is 5.11 Å². The highest BCUT2D eigenvalue weighted by Crippen LogP contribution is 2.30. The lowest BCUT2D eigenvalue weighted by Gasteiger charge is -2.20. The first kappa shape index (κ1) is 14.8. The maximum atomic E-state index is 9.38. The molecular formula is C19H24O. The molecule has 2 rings (SSSR count). The van der Waals surface area contributed by atoms with Crippen molar-refractivity contribution in [3.63, 3.8) is 0 Å². The minimum Gasteiger partial charge on any atom is -0.396 e. The molecule has 0 bridgehead atoms. The summed E-state index contributed by atoms with van der Waals surface area (Å²) in [5.74, 6) is 0.850. The highest BCUT2D eigenvalue weighted by atomic mass is 16.3. The largest absolute Gasteiger partial charge is 0.396 e. The van der Waals surface area contributed by atoms with Crippen molar-refractivity contribution in [2.75, 3.05) is 6.61 Å². The van der Waals surface area contributed by atoms with Crippen LogP contribution in [-0.2, 0) is 0 Å². The molecule has 0 amide bonds. The van der Waals surface area contributed by atoms with Crippen molar-refractivity contribution < 1.29 is 5.11 Å². The number of benzene rings is 2. The van der Waals surface area contributed by atoms with Crippen LogP contribution in [0.15, 0.2) is 60.7 Å². The van der Waals surface area contributed by atoms with Gasteiger partial charge in [-0.1, -0.05) is 74.0 Å². The summed E-state index contributed by atoms with van der Waals surface area (Å²) in [4.78, 5) is 0. The highest BCUT2D eigenvalue weighted by Gasteiger charge is 2.15. The molecule has 0 radical (unpaired) electrons. The summed E-state index contributed by atoms with van der Waals surface area (Å²) in [5.41, 5.74) is 2.73. The van der Waals surface area contributed by atoms with Gasteiger partial charge in [-0.3, -0.25) is 0 Å². The van der Waals surface area contributed by atoms with Crippen molar-refractivity contribution in [3.8, 4) is 0 Å². The van der Waals surface area contributed by atoms with Crippen LogP contribution in [0, 0.1) is 5.92 Å². The van der Waals surface area contributed by atoms with Crippen molar-refractivity contribution in [2.45, 2.75) is 32.1 Å². The van der Waals surface area contributed by atoms with Crippen molar-refractivity contribution in [1.29, 1.82) is 0 Å². The van der Waals surface area contributed by atoms with Crippen molar-refractivity contribution >= 4 is 0 Å². The first-order valence-corrected chi connectivity index (χ1v) is 7.56. The van der Waals surface area contributed by atoms with Crippen LogP contribution in [-0.4, -0.2) is 11.7 Å². The second kappa shape index (κ2) is 7.86. The second-order valence-corrected chi connectivity index (χ2v) is 5.41. The lowest BCUT2D eigenvalue weighted by Crippen LogP contribution is -2.08. The number of aliphatic hydroxyl groups is 1. The molecule has 0 fully saturated rings. The van der Waals surface area contributed by atoms with Gasteiger partial charge in [0.05, 0.1) is 0 Å². The minimum atomic E-state index is 0.298. The van der Waals surface area contributed by atoms with E-state index in [-0.39, 0.29) is 0 Å². The molecule has 1 heteroatoms. The third kappa shape index (κ3) is 3.94. The molecule has 0 spiro atoms. The average molecular weight is 268 g/mol. The van der Waals surface area contributed by atoms with Gasteiger partial charge in [-0.05, 0) is 29.9 Å². The molecule has 0 aliphatic rings. The Balaban J connectivity index is 2.17. The van der Waals surface area contributed by atoms with E-state index < -0.39 is 0 Å². The molecule has 1 atom stereocenters. The maximum absolute atomic E-state index is 9.38. The fourth-order valence-electron chi connectivity index (χ4n) is 2.72. The van der Waals surface area contributed by atoms with E-state index in [1.54, 1.807) is 0 Å². The van der Waals surface area contributed by atoms with Gasteiger partial charge in [-0.15, -0.1) is 0 Å². The van der Waals surface area contributed by atoms with E-state index in [0.29, 0.717) is 18.4 Å². The van der Waals surface area contributed by atoms with E-state index >= 15 is 0 Å². The molecule has 0 heterocycles. The lowest BCUT2D eigenvalue weighted by atomic mass is 9.85. The van der Waals surface area contributed by atoms with E-state index in [1.165, 1.54) is 11.1 Å². The molecule has 106 valence electrons. The Hall–Kier alpha value is -1.60. The molecule has 0 aliphatic carbocycles. The highest BCUT2D eigenvalue weighted by molar-refractivity contribution is 5.32. The quantitative estimate of drug-likeness (QED) is 0.777. The second-order valence-electron chi connectivity index (χ2n) is 5.41. The van der Waals surface area contributed by atoms with Crippen molar-refractivity contribution in [3.05, 3.63) is 71.8 Å². The van der Waals surface area contributed by atoms with Crippen LogP contribution in [0.5, 0.6) is 0 Å². The van der Waals surface area contributed by atoms with Crippen LogP contribution in [0.4, 0.5) is 0 Å². The fraction of sp³-hybridized carbons (Fsp3) is 0.368. The van der Waals surface area contributed by atoms with Gasteiger partial charge in [-0.2, -0.15) is 0 Å². The predicted molar refractivity (Wildman–Crippen MR) is 84.8 cm³/mol. The smallest absolute Gasteiger partial charge is 0.0459 e. The first-order chi connectivity index (χ1) is 9.85. The van der Waals surface area contributed by atoms with Gasteiger partial charge in [0.2, 0.25) is 0 Å². The van der Waals surface area contributed by atoms with Crippen LogP contribution in [0.1, 0.15) is 43.2 Å². The van der Waals surface area contributed by atoms with E-state index in [0.717, 1.165) is 19.3 Å². The summed E-state index contributed by atoms with van der Waals surface area (Å²) in [7, 11) is 0. The number of aliphatic hydroxyl groups excluding tert-OH is 1. The molecule has 2 aromatic carbocycles. The first-order valence-electron chi connectivity index (χ1n) is 7.56. The number of hydrogen-bond donors (Lipinski definition) is 1. The summed E-state index contributed by atoms with van der Waals surface area (Å²) in [5, 5.41) is 9.38. The number of hydrogen-bond acceptors (Lipinski definition) is 1. The molecule has 0 aliphatic heterocycles. The molecule has 0 saturated heterocycles. The average Bonchev–Trinajstić information content (AvgIpc) is 2.53. The zero-order valence-electron chi connectivity index (χ0n) is 12.2. The summed E-state index contributed by atoms with van der Waals surface area (Å²) < 4.78 is 0. The van der Waals surface area contributed by atoms with Gasteiger partial charge in [-0.25, -0.2) is 0 Å². The summed E-state index contributed by atoms with van der Waals surface area (Å²) in [6.45, 7) is 2.45. The topological polar surface area (TPSA) is 20.2 Å². The Morgan fingerprint density at radius 1 is 0.800 bits per heavy atom. The standard InChI is InChI=1S/C19H24O/c1-2-16(15-20)13-14-19(17-9-5-3-6-10-17)18-11-7-4-8-12-18/h3-12,16,19-20H,2,13-15H2,1H3. The molecule has 1 nitrogen and oxygen atoms in total. The lowest BCUT2D eigenvalue weighted by molar-refractivity contribution is 0.211. The van der Waals surface area contributed by atoms with Crippen LogP contribution in [0.2, 0.25) is 0 Å². The van der Waals surface area contributed by atoms with Crippen LogP contribution >= 0.6 is 0 Å². The zero-order chi connectivity index (χ0) is 14.2. The summed E-state index contributed by atoms with van der Waals surface area (Å²) in [6, 6.07) is 21.4. The van der Waals surface area contributed by atoms with E-state index in [1.807, 2.05) is 0 Å². The monoisotopic (exact) mass is 268 g/mol. The fourth-order valence-corrected chi connectivity index (χ4v) is 2.72. The third-order valence-corrected chi connectivity index (χ3v) is 4.10. The summed E-state index contributed by atoms with van der Waals surface area (Å²) >= 11 is 0. The Bertz CT molecular complexity index is 434. The van der Waals surface area contributed by atoms with Gasteiger partial charge < -0.3 is 5.11 Å². The molecule has 0 aromatic heterocycles. The summed E-state index contributed by atoms with van der Waals surface area (Å²) in [6.07, 6.45) is 3.21. The van der Waals surface area contributed by atoms with Crippen LogP contribution < -0.4 is 0 Å². The van der Waals surface area contributed by atoms with Gasteiger partial charge in [0.25, 0.3) is 0 Å². The van der Waals surface area contributed by atoms with Gasteiger partial charge >= 0.3 is 0 Å². The molecule has 1 unspecified atom stereocenters. The van der Waals surface area contributed by atoms with Gasteiger partial charge in [0, 0.05) is 12.5 Å². The SMILES string of the molecule is CCC(CO)CCC(c1ccccc1)c1ccccc1. The maximum Gasteiger partial charge on any atom is 0.0459 e. The van der Waals surface area contributed by atoms with Crippen LogP contribution in [0.3, 0.4) is 0 Å². The number of rotatable bonds is 7. The van der Waals surface area contributed by atoms with Gasteiger partial charge in [0.1, 0.15) is 0 Å². The van der Waals surface area contributed by atoms with Crippen LogP contribution in [0.25, 0.3) is 0 Å². The zero-order valence-corrected chi connectivity index (χ0v) is 12.2. The molecule has 1 N–H and O–H groups in total. The Morgan fingerprint density at radius 2 is 1.30 bits per heavy atom. The Kier molecular flexibility index (Phi) is 5.82. The molecule has 0 saturated carbocycles. The molecular weight excluding hydrogens is 244 g/mol. The van der Waals surface area contributed by atoms with Crippen molar-refractivity contribution in [1.82, 2.24) is 0 Å². The van der Waals surface area contributed by atoms with E-state index in [2.05, 4.69) is 67.6 Å². The van der Waals surface area contributed by atoms with Gasteiger partial charge in [0.15, 0.2) is 0 Å². The Morgan fingerprint density at radius 3 is 1.70 bits per heavy atom. The minimum absolute atomic E-state index is 0.298. The Labute approximate surface area is 122 Å².